The second kappa shape index (κ2) is 7.46. The molecule has 0 aliphatic carbocycles. The van der Waals surface area contributed by atoms with Gasteiger partial charge in [-0.25, -0.2) is 0 Å². The molecule has 4 rings (SSSR count). The van der Waals surface area contributed by atoms with Crippen molar-refractivity contribution >= 4 is 28.1 Å². The van der Waals surface area contributed by atoms with Crippen molar-refractivity contribution in [3.63, 3.8) is 0 Å². The fourth-order valence-electron chi connectivity index (χ4n) is 3.33. The van der Waals surface area contributed by atoms with Gasteiger partial charge in [0.25, 0.3) is 0 Å². The summed E-state index contributed by atoms with van der Waals surface area (Å²) in [6, 6.07) is 9.31. The molecule has 0 atom stereocenters. The number of nitrogens with one attached hydrogen (secondary N) is 1. The van der Waals surface area contributed by atoms with Gasteiger partial charge in [-0.2, -0.15) is 5.10 Å². The van der Waals surface area contributed by atoms with Gasteiger partial charge < -0.3 is 5.32 Å². The van der Waals surface area contributed by atoms with Crippen molar-refractivity contribution in [1.29, 1.82) is 0 Å². The minimum atomic E-state index is -0.303. The maximum atomic E-state index is 12.9. The highest BCUT2D eigenvalue weighted by atomic mass is 16.1. The zero-order valence-electron chi connectivity index (χ0n) is 16.6. The van der Waals surface area contributed by atoms with E-state index in [1.54, 1.807) is 33.7 Å². The fourth-order valence-corrected chi connectivity index (χ4v) is 3.33. The van der Waals surface area contributed by atoms with Crippen LogP contribution in [0.25, 0.3) is 16.6 Å². The third kappa shape index (κ3) is 3.61. The molecule has 0 bridgehead atoms. The SMILES string of the molecule is CCn1nc(CC(=O)Nc2ccc3nncn3c2)c(=O)c2ccc(C(C)C)cc21. The number of fused-ring (bicyclic) bond motifs is 2. The number of benzene rings is 1. The fraction of sp³-hybridized carbons (Fsp3) is 0.286. The van der Waals surface area contributed by atoms with Crippen molar-refractivity contribution in [2.75, 3.05) is 5.32 Å². The molecule has 0 radical (unpaired) electrons. The Labute approximate surface area is 167 Å². The summed E-state index contributed by atoms with van der Waals surface area (Å²) in [7, 11) is 0. The summed E-state index contributed by atoms with van der Waals surface area (Å²) in [5, 5.41) is 15.6. The number of aryl methyl sites for hydroxylation is 1. The average Bonchev–Trinajstić information content (AvgIpc) is 3.17. The van der Waals surface area contributed by atoms with Crippen LogP contribution in [0.15, 0.2) is 47.7 Å². The van der Waals surface area contributed by atoms with Crippen LogP contribution in [0.2, 0.25) is 0 Å². The maximum absolute atomic E-state index is 12.9. The zero-order chi connectivity index (χ0) is 20.5. The van der Waals surface area contributed by atoms with E-state index in [1.807, 2.05) is 25.1 Å². The molecule has 0 saturated heterocycles. The smallest absolute Gasteiger partial charge is 0.230 e. The Morgan fingerprint density at radius 2 is 2.03 bits per heavy atom. The number of pyridine rings is 1. The molecule has 8 nitrogen and oxygen atoms in total. The van der Waals surface area contributed by atoms with Crippen molar-refractivity contribution in [2.24, 2.45) is 0 Å². The maximum Gasteiger partial charge on any atom is 0.230 e. The van der Waals surface area contributed by atoms with Crippen molar-refractivity contribution in [3.8, 4) is 0 Å². The Balaban J connectivity index is 1.64. The van der Waals surface area contributed by atoms with Gasteiger partial charge in [0.2, 0.25) is 11.3 Å². The molecule has 0 aliphatic heterocycles. The molecule has 1 aromatic carbocycles. The zero-order valence-corrected chi connectivity index (χ0v) is 16.6. The number of aromatic nitrogens is 5. The van der Waals surface area contributed by atoms with Gasteiger partial charge in [0.15, 0.2) is 5.65 Å². The molecule has 0 fully saturated rings. The third-order valence-electron chi connectivity index (χ3n) is 4.92. The lowest BCUT2D eigenvalue weighted by Gasteiger charge is -2.13. The van der Waals surface area contributed by atoms with Crippen LogP contribution in [0.4, 0.5) is 5.69 Å². The van der Waals surface area contributed by atoms with Gasteiger partial charge in [0, 0.05) is 18.1 Å². The predicted octanol–water partition coefficient (Wildman–Crippen LogP) is 2.76. The van der Waals surface area contributed by atoms with E-state index in [2.05, 4.69) is 34.5 Å². The standard InChI is InChI=1S/C21H22N6O2/c1-4-27-18-9-14(13(2)3)5-7-16(18)21(29)17(25-27)10-20(28)23-15-6-8-19-24-22-12-26(19)11-15/h5-9,11-13H,4,10H2,1-3H3,(H,23,28). The lowest BCUT2D eigenvalue weighted by Crippen LogP contribution is -2.24. The summed E-state index contributed by atoms with van der Waals surface area (Å²) in [4.78, 5) is 25.5. The van der Waals surface area contributed by atoms with Crippen LogP contribution in [0.1, 0.15) is 37.9 Å². The highest BCUT2D eigenvalue weighted by Gasteiger charge is 2.15. The molecule has 0 saturated carbocycles. The average molecular weight is 390 g/mol. The molecule has 0 aliphatic rings. The Bertz CT molecular complexity index is 1270. The molecule has 0 spiro atoms. The Morgan fingerprint density at radius 1 is 1.21 bits per heavy atom. The Morgan fingerprint density at radius 3 is 2.79 bits per heavy atom. The third-order valence-corrected chi connectivity index (χ3v) is 4.92. The van der Waals surface area contributed by atoms with Crippen molar-refractivity contribution in [1.82, 2.24) is 24.4 Å². The van der Waals surface area contributed by atoms with E-state index in [4.69, 9.17) is 0 Å². The Kier molecular flexibility index (Phi) is 4.84. The molecular weight excluding hydrogens is 368 g/mol. The minimum absolute atomic E-state index is 0.0963. The molecule has 3 heterocycles. The van der Waals surface area contributed by atoms with E-state index in [0.717, 1.165) is 11.1 Å². The van der Waals surface area contributed by atoms with Crippen LogP contribution in [0.5, 0.6) is 0 Å². The van der Waals surface area contributed by atoms with E-state index < -0.39 is 0 Å². The number of rotatable bonds is 5. The van der Waals surface area contributed by atoms with Crippen LogP contribution in [0, 0.1) is 0 Å². The monoisotopic (exact) mass is 390 g/mol. The van der Waals surface area contributed by atoms with Crippen molar-refractivity contribution in [2.45, 2.75) is 39.7 Å². The lowest BCUT2D eigenvalue weighted by atomic mass is 10.0. The molecule has 1 N–H and O–H groups in total. The first-order chi connectivity index (χ1) is 14.0. The first-order valence-corrected chi connectivity index (χ1v) is 9.59. The number of carbonyl (C=O) groups excluding carboxylic acids is 1. The number of carbonyl (C=O) groups is 1. The second-order valence-corrected chi connectivity index (χ2v) is 7.26. The summed E-state index contributed by atoms with van der Waals surface area (Å²) in [6.45, 7) is 6.80. The first kappa shape index (κ1) is 18.8. The summed E-state index contributed by atoms with van der Waals surface area (Å²) >= 11 is 0. The molecule has 1 amide bonds. The normalized spacial score (nSPS) is 11.4. The molecule has 3 aromatic heterocycles. The van der Waals surface area contributed by atoms with Crippen molar-refractivity contribution < 1.29 is 4.79 Å². The molecule has 8 heteroatoms. The molecule has 29 heavy (non-hydrogen) atoms. The topological polar surface area (TPSA) is 94.2 Å². The molecule has 0 unspecified atom stereocenters. The van der Waals surface area contributed by atoms with Gasteiger partial charge in [-0.1, -0.05) is 19.9 Å². The second-order valence-electron chi connectivity index (χ2n) is 7.26. The van der Waals surface area contributed by atoms with E-state index in [9.17, 15) is 9.59 Å². The van der Waals surface area contributed by atoms with Gasteiger partial charge in [-0.3, -0.25) is 18.7 Å². The van der Waals surface area contributed by atoms with Crippen LogP contribution in [-0.4, -0.2) is 30.3 Å². The van der Waals surface area contributed by atoms with E-state index in [0.29, 0.717) is 29.2 Å². The largest absolute Gasteiger partial charge is 0.324 e. The Hall–Kier alpha value is -3.55. The minimum Gasteiger partial charge on any atom is -0.324 e. The van der Waals surface area contributed by atoms with Gasteiger partial charge in [0.05, 0.1) is 17.6 Å². The summed E-state index contributed by atoms with van der Waals surface area (Å²) in [5.74, 6) is 0.0520. The van der Waals surface area contributed by atoms with E-state index in [-0.39, 0.29) is 23.5 Å². The molecule has 148 valence electrons. The number of nitrogens with zero attached hydrogens (tertiary/aromatic N) is 5. The quantitative estimate of drug-likeness (QED) is 0.565. The van der Waals surface area contributed by atoms with E-state index in [1.165, 1.54) is 0 Å². The molecule has 4 aromatic rings. The summed E-state index contributed by atoms with van der Waals surface area (Å²) < 4.78 is 3.49. The number of anilines is 1. The van der Waals surface area contributed by atoms with E-state index >= 15 is 0 Å². The van der Waals surface area contributed by atoms with Crippen LogP contribution < -0.4 is 10.7 Å². The number of hydrogen-bond acceptors (Lipinski definition) is 5. The molecular formula is C21H22N6O2. The van der Waals surface area contributed by atoms with Gasteiger partial charge in [0.1, 0.15) is 12.0 Å². The highest BCUT2D eigenvalue weighted by molar-refractivity contribution is 5.92. The highest BCUT2D eigenvalue weighted by Crippen LogP contribution is 2.20. The van der Waals surface area contributed by atoms with Crippen LogP contribution >= 0.6 is 0 Å². The first-order valence-electron chi connectivity index (χ1n) is 9.59. The van der Waals surface area contributed by atoms with Crippen LogP contribution in [0.3, 0.4) is 0 Å². The summed E-state index contributed by atoms with van der Waals surface area (Å²) in [6.07, 6.45) is 3.18. The predicted molar refractivity (Wildman–Crippen MR) is 111 cm³/mol. The lowest BCUT2D eigenvalue weighted by molar-refractivity contribution is -0.115. The van der Waals surface area contributed by atoms with Gasteiger partial charge >= 0.3 is 0 Å². The van der Waals surface area contributed by atoms with Gasteiger partial charge in [-0.15, -0.1) is 10.2 Å². The van der Waals surface area contributed by atoms with Crippen molar-refractivity contribution in [3.05, 3.63) is 64.3 Å². The summed E-state index contributed by atoms with van der Waals surface area (Å²) in [5.41, 5.74) is 3.26. The van der Waals surface area contributed by atoms with Gasteiger partial charge in [-0.05, 0) is 42.7 Å². The number of hydrogen-bond donors (Lipinski definition) is 1. The van der Waals surface area contributed by atoms with Crippen LogP contribution in [-0.2, 0) is 17.8 Å². The number of amides is 1.